The zero-order valence-corrected chi connectivity index (χ0v) is 18.7. The fraction of sp³-hybridized carbons (Fsp3) is 0.458. The van der Waals surface area contributed by atoms with E-state index in [1.54, 1.807) is 58.9 Å². The first-order chi connectivity index (χ1) is 14.6. The summed E-state index contributed by atoms with van der Waals surface area (Å²) in [4.78, 5) is 37.4. The van der Waals surface area contributed by atoms with E-state index in [0.717, 1.165) is 0 Å². The van der Waals surface area contributed by atoms with Crippen LogP contribution in [0, 0.1) is 5.92 Å². The number of rotatable bonds is 5. The molecule has 0 N–H and O–H groups in total. The van der Waals surface area contributed by atoms with Crippen LogP contribution in [-0.4, -0.2) is 23.6 Å². The number of allylic oxidation sites excluding steroid dienone is 1. The summed E-state index contributed by atoms with van der Waals surface area (Å²) in [5, 5.41) is 0.640. The van der Waals surface area contributed by atoms with E-state index in [1.807, 2.05) is 6.92 Å². The van der Waals surface area contributed by atoms with E-state index in [-0.39, 0.29) is 11.5 Å². The van der Waals surface area contributed by atoms with Crippen LogP contribution in [0.4, 0.5) is 0 Å². The number of carbonyl (C=O) groups is 2. The quantitative estimate of drug-likeness (QED) is 0.394. The number of hydrogen-bond donors (Lipinski definition) is 0. The van der Waals surface area contributed by atoms with Crippen molar-refractivity contribution in [2.75, 3.05) is 0 Å². The van der Waals surface area contributed by atoms with Gasteiger partial charge < -0.3 is 18.6 Å². The maximum atomic E-state index is 12.8. The number of hydrogen-bond acceptors (Lipinski definition) is 7. The lowest BCUT2D eigenvalue weighted by Crippen LogP contribution is -2.52. The molecule has 0 fully saturated rings. The SMILES string of the molecule is CC=C(C)C(=O)OC1C(OC(=O)C(C)CC)c2c(ccc3ccc(=O)oc23)OC1(C)C. The van der Waals surface area contributed by atoms with Gasteiger partial charge in [-0.05, 0) is 52.3 Å². The van der Waals surface area contributed by atoms with Gasteiger partial charge in [0.15, 0.2) is 12.2 Å². The molecule has 1 aromatic carbocycles. The molecule has 0 amide bonds. The number of ether oxygens (including phenoxy) is 3. The molecule has 0 aliphatic carbocycles. The van der Waals surface area contributed by atoms with Crippen LogP contribution in [-0.2, 0) is 19.1 Å². The normalized spacial score (nSPS) is 21.0. The minimum atomic E-state index is -1.01. The molecule has 2 aromatic rings. The average molecular weight is 428 g/mol. The maximum Gasteiger partial charge on any atom is 0.336 e. The lowest BCUT2D eigenvalue weighted by atomic mass is 9.87. The predicted octanol–water partition coefficient (Wildman–Crippen LogP) is 4.47. The minimum absolute atomic E-state index is 0.242. The van der Waals surface area contributed by atoms with Crippen molar-refractivity contribution < 1.29 is 28.2 Å². The van der Waals surface area contributed by atoms with E-state index >= 15 is 0 Å². The summed E-state index contributed by atoms with van der Waals surface area (Å²) in [5.41, 5.74) is -0.526. The Morgan fingerprint density at radius 2 is 1.87 bits per heavy atom. The Hall–Kier alpha value is -3.09. The smallest absolute Gasteiger partial charge is 0.336 e. The number of esters is 2. The molecule has 1 aliphatic rings. The third-order valence-electron chi connectivity index (χ3n) is 5.65. The first-order valence-corrected chi connectivity index (χ1v) is 10.4. The Bertz CT molecular complexity index is 1090. The van der Waals surface area contributed by atoms with Crippen molar-refractivity contribution in [3.63, 3.8) is 0 Å². The van der Waals surface area contributed by atoms with Crippen LogP contribution in [0.2, 0.25) is 0 Å². The van der Waals surface area contributed by atoms with Gasteiger partial charge in [-0.15, -0.1) is 0 Å². The molecule has 7 nitrogen and oxygen atoms in total. The topological polar surface area (TPSA) is 92.0 Å². The standard InChI is InChI=1S/C24H28O7/c1-7-13(3)22(26)29-20-18-16(11-9-15-10-12-17(25)28-19(15)18)31-24(5,6)21(20)30-23(27)14(4)8-2/h8-13,20-21H,7H2,1-6H3. The molecule has 2 heterocycles. The second-order valence-electron chi connectivity index (χ2n) is 8.32. The third-order valence-corrected chi connectivity index (χ3v) is 5.65. The summed E-state index contributed by atoms with van der Waals surface area (Å²) in [7, 11) is 0. The molecule has 0 saturated carbocycles. The van der Waals surface area contributed by atoms with Crippen LogP contribution in [0.1, 0.15) is 59.6 Å². The van der Waals surface area contributed by atoms with E-state index in [0.29, 0.717) is 28.7 Å². The molecule has 0 radical (unpaired) electrons. The zero-order chi connectivity index (χ0) is 22.9. The Morgan fingerprint density at radius 1 is 1.19 bits per heavy atom. The second-order valence-corrected chi connectivity index (χ2v) is 8.32. The molecule has 0 saturated heterocycles. The summed E-state index contributed by atoms with van der Waals surface area (Å²) >= 11 is 0. The van der Waals surface area contributed by atoms with Gasteiger partial charge in [-0.3, -0.25) is 4.79 Å². The second kappa shape index (κ2) is 8.57. The molecule has 1 aliphatic heterocycles. The van der Waals surface area contributed by atoms with E-state index in [9.17, 15) is 14.4 Å². The predicted molar refractivity (Wildman–Crippen MR) is 115 cm³/mol. The van der Waals surface area contributed by atoms with Crippen molar-refractivity contribution in [1.82, 2.24) is 0 Å². The molecule has 3 rings (SSSR count). The Morgan fingerprint density at radius 3 is 2.52 bits per heavy atom. The van der Waals surface area contributed by atoms with Crippen LogP contribution in [0.15, 0.2) is 45.1 Å². The molecule has 0 spiro atoms. The van der Waals surface area contributed by atoms with Crippen molar-refractivity contribution in [2.45, 2.75) is 65.8 Å². The third kappa shape index (κ3) is 4.36. The highest BCUT2D eigenvalue weighted by molar-refractivity contribution is 5.88. The highest BCUT2D eigenvalue weighted by Crippen LogP contribution is 2.46. The van der Waals surface area contributed by atoms with Crippen molar-refractivity contribution in [3.05, 3.63) is 51.9 Å². The number of fused-ring (bicyclic) bond motifs is 3. The van der Waals surface area contributed by atoms with Crippen LogP contribution in [0.25, 0.3) is 11.0 Å². The fourth-order valence-corrected chi connectivity index (χ4v) is 3.41. The molecule has 1 aromatic heterocycles. The lowest BCUT2D eigenvalue weighted by molar-refractivity contribution is -0.189. The van der Waals surface area contributed by atoms with E-state index in [1.165, 1.54) is 6.07 Å². The monoisotopic (exact) mass is 428 g/mol. The molecule has 3 atom stereocenters. The molecule has 3 unspecified atom stereocenters. The summed E-state index contributed by atoms with van der Waals surface area (Å²) < 4.78 is 23.3. The molecule has 7 heteroatoms. The van der Waals surface area contributed by atoms with E-state index in [2.05, 4.69) is 0 Å². The number of benzene rings is 1. The zero-order valence-electron chi connectivity index (χ0n) is 18.7. The Balaban J connectivity index is 2.21. The first-order valence-electron chi connectivity index (χ1n) is 10.4. The van der Waals surface area contributed by atoms with E-state index in [4.69, 9.17) is 18.6 Å². The first kappa shape index (κ1) is 22.6. The molecular weight excluding hydrogens is 400 g/mol. The molecular formula is C24H28O7. The van der Waals surface area contributed by atoms with Crippen molar-refractivity contribution >= 4 is 22.9 Å². The van der Waals surface area contributed by atoms with Gasteiger partial charge in [0.2, 0.25) is 0 Å². The van der Waals surface area contributed by atoms with Crippen LogP contribution in [0.5, 0.6) is 5.75 Å². The van der Waals surface area contributed by atoms with E-state index < -0.39 is 35.4 Å². The van der Waals surface area contributed by atoms with Gasteiger partial charge in [-0.1, -0.05) is 19.9 Å². The van der Waals surface area contributed by atoms with Gasteiger partial charge >= 0.3 is 17.6 Å². The minimum Gasteiger partial charge on any atom is -0.483 e. The van der Waals surface area contributed by atoms with Gasteiger partial charge in [0.25, 0.3) is 0 Å². The van der Waals surface area contributed by atoms with Crippen molar-refractivity contribution in [2.24, 2.45) is 5.92 Å². The molecule has 31 heavy (non-hydrogen) atoms. The van der Waals surface area contributed by atoms with Crippen LogP contribution < -0.4 is 10.4 Å². The highest BCUT2D eigenvalue weighted by atomic mass is 16.6. The molecule has 166 valence electrons. The highest BCUT2D eigenvalue weighted by Gasteiger charge is 2.50. The summed E-state index contributed by atoms with van der Waals surface area (Å²) in [6.07, 6.45) is 0.252. The van der Waals surface area contributed by atoms with Gasteiger partial charge in [0.1, 0.15) is 16.9 Å². The maximum absolute atomic E-state index is 12.8. The number of carbonyl (C=O) groups excluding carboxylic acids is 2. The summed E-state index contributed by atoms with van der Waals surface area (Å²) in [6.45, 7) is 10.5. The Labute approximate surface area is 181 Å². The van der Waals surface area contributed by atoms with Gasteiger partial charge in [-0.25, -0.2) is 9.59 Å². The van der Waals surface area contributed by atoms with Crippen molar-refractivity contribution in [1.29, 1.82) is 0 Å². The van der Waals surface area contributed by atoms with Crippen LogP contribution in [0.3, 0.4) is 0 Å². The fourth-order valence-electron chi connectivity index (χ4n) is 3.41. The van der Waals surface area contributed by atoms with Gasteiger partial charge in [0.05, 0.1) is 11.5 Å². The summed E-state index contributed by atoms with van der Waals surface area (Å²) in [5.74, 6) is -0.928. The van der Waals surface area contributed by atoms with Crippen LogP contribution >= 0.6 is 0 Å². The largest absolute Gasteiger partial charge is 0.483 e. The summed E-state index contributed by atoms with van der Waals surface area (Å²) in [6, 6.07) is 6.44. The lowest BCUT2D eigenvalue weighted by Gasteiger charge is -2.43. The molecule has 0 bridgehead atoms. The van der Waals surface area contributed by atoms with Gasteiger partial charge in [-0.2, -0.15) is 0 Å². The average Bonchev–Trinajstić information content (AvgIpc) is 2.73. The Kier molecular flexibility index (Phi) is 6.25. The van der Waals surface area contributed by atoms with Gasteiger partial charge in [0, 0.05) is 17.0 Å². The van der Waals surface area contributed by atoms with Crippen molar-refractivity contribution in [3.8, 4) is 5.75 Å².